The molecule has 1 amide bonds. The quantitative estimate of drug-likeness (QED) is 0.588. The molecule has 3 rings (SSSR count). The third kappa shape index (κ3) is 5.80. The summed E-state index contributed by atoms with van der Waals surface area (Å²) < 4.78 is 35.4. The van der Waals surface area contributed by atoms with Gasteiger partial charge in [-0.1, -0.05) is 19.1 Å². The van der Waals surface area contributed by atoms with E-state index >= 15 is 0 Å². The first kappa shape index (κ1) is 24.5. The molecule has 9 nitrogen and oxygen atoms in total. The van der Waals surface area contributed by atoms with Crippen LogP contribution in [0.3, 0.4) is 0 Å². The average molecular weight is 473 g/mol. The fourth-order valence-electron chi connectivity index (χ4n) is 3.89. The van der Waals surface area contributed by atoms with Gasteiger partial charge in [-0.3, -0.25) is 4.79 Å². The molecule has 1 N–H and O–H groups in total. The standard InChI is InChI=1S/C23H28N4O5S/c1-17-9-13-27(14-10-17)22(28)20(11-15-26-12-5-6-18(26)16-24)25-33(30,31)21-8-4-3-7-19(21)23(29)32-2/h3-8,12,17,20,25H,9-11,13-15H2,1-2H3. The van der Waals surface area contributed by atoms with E-state index < -0.39 is 22.0 Å². The summed E-state index contributed by atoms with van der Waals surface area (Å²) in [4.78, 5) is 26.9. The topological polar surface area (TPSA) is 121 Å². The molecular weight excluding hydrogens is 444 g/mol. The van der Waals surface area contributed by atoms with Crippen LogP contribution in [0.5, 0.6) is 0 Å². The van der Waals surface area contributed by atoms with Crippen LogP contribution < -0.4 is 4.72 Å². The maximum atomic E-state index is 13.3. The summed E-state index contributed by atoms with van der Waals surface area (Å²) in [6, 6.07) is 10.1. The minimum absolute atomic E-state index is 0.109. The van der Waals surface area contributed by atoms with Crippen molar-refractivity contribution in [3.8, 4) is 6.07 Å². The van der Waals surface area contributed by atoms with E-state index in [-0.39, 0.29) is 29.3 Å². The molecule has 0 saturated carbocycles. The Hall–Kier alpha value is -3.16. The van der Waals surface area contributed by atoms with Crippen LogP contribution in [0.2, 0.25) is 0 Å². The number of nitrogens with zero attached hydrogens (tertiary/aromatic N) is 3. The van der Waals surface area contributed by atoms with Crippen molar-refractivity contribution < 1.29 is 22.7 Å². The van der Waals surface area contributed by atoms with E-state index in [9.17, 15) is 23.3 Å². The maximum Gasteiger partial charge on any atom is 0.339 e. The van der Waals surface area contributed by atoms with Crippen LogP contribution in [0.15, 0.2) is 47.5 Å². The van der Waals surface area contributed by atoms with Gasteiger partial charge < -0.3 is 14.2 Å². The van der Waals surface area contributed by atoms with Gasteiger partial charge in [-0.2, -0.15) is 9.98 Å². The lowest BCUT2D eigenvalue weighted by Crippen LogP contribution is -2.51. The van der Waals surface area contributed by atoms with Gasteiger partial charge in [-0.25, -0.2) is 13.2 Å². The Morgan fingerprint density at radius 3 is 2.58 bits per heavy atom. The second-order valence-electron chi connectivity index (χ2n) is 8.16. The van der Waals surface area contributed by atoms with Crippen molar-refractivity contribution in [2.45, 2.75) is 43.7 Å². The number of nitriles is 1. The highest BCUT2D eigenvalue weighted by Crippen LogP contribution is 2.20. The molecule has 1 aliphatic rings. The number of benzene rings is 1. The van der Waals surface area contributed by atoms with Crippen LogP contribution in [0.4, 0.5) is 0 Å². The van der Waals surface area contributed by atoms with Crippen molar-refractivity contribution in [3.63, 3.8) is 0 Å². The van der Waals surface area contributed by atoms with Crippen LogP contribution in [0.1, 0.15) is 42.2 Å². The van der Waals surface area contributed by atoms with Gasteiger partial charge in [-0.15, -0.1) is 0 Å². The third-order valence-electron chi connectivity index (χ3n) is 5.88. The molecule has 1 saturated heterocycles. The highest BCUT2D eigenvalue weighted by Gasteiger charge is 2.32. The number of piperidine rings is 1. The number of likely N-dealkylation sites (tertiary alicyclic amines) is 1. The van der Waals surface area contributed by atoms with E-state index in [0.717, 1.165) is 12.8 Å². The number of aryl methyl sites for hydroxylation is 1. The molecule has 1 atom stereocenters. The van der Waals surface area contributed by atoms with Crippen molar-refractivity contribution in [1.82, 2.24) is 14.2 Å². The largest absolute Gasteiger partial charge is 0.465 e. The Labute approximate surface area is 194 Å². The number of carbonyl (C=O) groups is 2. The first-order valence-corrected chi connectivity index (χ1v) is 12.3. The molecule has 0 spiro atoms. The summed E-state index contributed by atoms with van der Waals surface area (Å²) in [7, 11) is -3.05. The Balaban J connectivity index is 1.88. The smallest absolute Gasteiger partial charge is 0.339 e. The average Bonchev–Trinajstić information content (AvgIpc) is 3.29. The Morgan fingerprint density at radius 1 is 1.21 bits per heavy atom. The Kier molecular flexibility index (Phi) is 7.89. The van der Waals surface area contributed by atoms with Crippen molar-refractivity contribution in [1.29, 1.82) is 5.26 Å². The molecule has 33 heavy (non-hydrogen) atoms. The number of hydrogen-bond donors (Lipinski definition) is 1. The van der Waals surface area contributed by atoms with Crippen LogP contribution >= 0.6 is 0 Å². The number of esters is 1. The van der Waals surface area contributed by atoms with Crippen LogP contribution in [0, 0.1) is 17.2 Å². The summed E-state index contributed by atoms with van der Waals surface area (Å²) in [5.74, 6) is -0.587. The summed E-state index contributed by atoms with van der Waals surface area (Å²) in [5.41, 5.74) is 0.314. The van der Waals surface area contributed by atoms with Gasteiger partial charge in [-0.05, 0) is 49.4 Å². The third-order valence-corrected chi connectivity index (χ3v) is 7.41. The number of ether oxygens (including phenoxy) is 1. The van der Waals surface area contributed by atoms with E-state index in [1.807, 2.05) is 0 Å². The van der Waals surface area contributed by atoms with Gasteiger partial charge in [0.25, 0.3) is 0 Å². The molecule has 1 aliphatic heterocycles. The summed E-state index contributed by atoms with van der Waals surface area (Å²) in [6.45, 7) is 3.52. The van der Waals surface area contributed by atoms with E-state index in [1.54, 1.807) is 27.8 Å². The van der Waals surface area contributed by atoms with Gasteiger partial charge in [0.15, 0.2) is 0 Å². The molecular formula is C23H28N4O5S. The monoisotopic (exact) mass is 472 g/mol. The zero-order valence-corrected chi connectivity index (χ0v) is 19.5. The maximum absolute atomic E-state index is 13.3. The highest BCUT2D eigenvalue weighted by molar-refractivity contribution is 7.89. The predicted octanol–water partition coefficient (Wildman–Crippen LogP) is 2.14. The first-order valence-electron chi connectivity index (χ1n) is 10.8. The highest BCUT2D eigenvalue weighted by atomic mass is 32.2. The second kappa shape index (κ2) is 10.6. The summed E-state index contributed by atoms with van der Waals surface area (Å²) >= 11 is 0. The lowest BCUT2D eigenvalue weighted by atomic mass is 9.98. The normalized spacial score (nSPS) is 15.6. The molecule has 2 aromatic rings. The SMILES string of the molecule is COC(=O)c1ccccc1S(=O)(=O)NC(CCn1cccc1C#N)C(=O)N1CCC(C)CC1. The Bertz CT molecular complexity index is 1140. The minimum Gasteiger partial charge on any atom is -0.465 e. The Morgan fingerprint density at radius 2 is 1.91 bits per heavy atom. The summed E-state index contributed by atoms with van der Waals surface area (Å²) in [5, 5.41) is 9.25. The van der Waals surface area contributed by atoms with Crippen LogP contribution in [-0.2, 0) is 26.1 Å². The van der Waals surface area contributed by atoms with Crippen LogP contribution in [0.25, 0.3) is 0 Å². The molecule has 1 aromatic heterocycles. The van der Waals surface area contributed by atoms with Gasteiger partial charge in [0.1, 0.15) is 17.8 Å². The van der Waals surface area contributed by atoms with Crippen LogP contribution in [-0.4, -0.2) is 56.0 Å². The fourth-order valence-corrected chi connectivity index (χ4v) is 5.31. The number of rotatable bonds is 8. The number of nitrogens with one attached hydrogen (secondary N) is 1. The number of aromatic nitrogens is 1. The number of amides is 1. The lowest BCUT2D eigenvalue weighted by molar-refractivity contribution is -0.134. The van der Waals surface area contributed by atoms with E-state index in [2.05, 4.69) is 17.7 Å². The van der Waals surface area contributed by atoms with Gasteiger partial charge >= 0.3 is 5.97 Å². The molecule has 0 aliphatic carbocycles. The van der Waals surface area contributed by atoms with E-state index in [4.69, 9.17) is 4.74 Å². The molecule has 10 heteroatoms. The fraction of sp³-hybridized carbons (Fsp3) is 0.435. The van der Waals surface area contributed by atoms with Crippen molar-refractivity contribution in [2.75, 3.05) is 20.2 Å². The van der Waals surface area contributed by atoms with E-state index in [0.29, 0.717) is 24.7 Å². The molecule has 2 heterocycles. The zero-order valence-electron chi connectivity index (χ0n) is 18.7. The first-order chi connectivity index (χ1) is 15.8. The molecule has 1 fully saturated rings. The van der Waals surface area contributed by atoms with Gasteiger partial charge in [0.05, 0.1) is 17.6 Å². The van der Waals surface area contributed by atoms with Gasteiger partial charge in [0.2, 0.25) is 15.9 Å². The predicted molar refractivity (Wildman–Crippen MR) is 121 cm³/mol. The minimum atomic E-state index is -4.22. The molecule has 176 valence electrons. The van der Waals surface area contributed by atoms with Crippen molar-refractivity contribution in [3.05, 3.63) is 53.9 Å². The number of carbonyl (C=O) groups excluding carboxylic acids is 2. The zero-order chi connectivity index (χ0) is 24.0. The van der Waals surface area contributed by atoms with E-state index in [1.165, 1.54) is 31.4 Å². The molecule has 1 aromatic carbocycles. The van der Waals surface area contributed by atoms with Crippen molar-refractivity contribution in [2.24, 2.45) is 5.92 Å². The van der Waals surface area contributed by atoms with Gasteiger partial charge in [0, 0.05) is 25.8 Å². The lowest BCUT2D eigenvalue weighted by Gasteiger charge is -2.33. The summed E-state index contributed by atoms with van der Waals surface area (Å²) in [6.07, 6.45) is 3.57. The van der Waals surface area contributed by atoms with Crippen molar-refractivity contribution >= 4 is 21.9 Å². The number of methoxy groups -OCH3 is 1. The second-order valence-corrected chi connectivity index (χ2v) is 9.84. The number of sulfonamides is 1. The molecule has 0 bridgehead atoms. The molecule has 0 radical (unpaired) electrons. The number of hydrogen-bond acceptors (Lipinski definition) is 6. The molecule has 1 unspecified atom stereocenters.